The Morgan fingerprint density at radius 3 is 1.96 bits per heavy atom. The highest BCUT2D eigenvalue weighted by Gasteiger charge is 2.43. The molecular formula is C22H50N2O2. The van der Waals surface area contributed by atoms with Gasteiger partial charge in [0, 0.05) is 25.3 Å². The third-order valence-electron chi connectivity index (χ3n) is 4.91. The zero-order valence-electron chi connectivity index (χ0n) is 19.3. The molecule has 3 aliphatic heterocycles. The number of hydrogen-bond donors (Lipinski definition) is 1. The number of methoxy groups -OCH3 is 1. The molecule has 160 valence electrons. The summed E-state index contributed by atoms with van der Waals surface area (Å²) in [6, 6.07) is 0.643. The molecule has 0 aliphatic carbocycles. The average molecular weight is 375 g/mol. The highest BCUT2D eigenvalue weighted by molar-refractivity contribution is 4.99. The zero-order valence-corrected chi connectivity index (χ0v) is 19.3. The van der Waals surface area contributed by atoms with Crippen LogP contribution >= 0.6 is 0 Å². The van der Waals surface area contributed by atoms with Gasteiger partial charge in [-0.25, -0.2) is 0 Å². The second-order valence-corrected chi connectivity index (χ2v) is 6.30. The summed E-state index contributed by atoms with van der Waals surface area (Å²) in [6.07, 6.45) is 8.09. The third kappa shape index (κ3) is 10.2. The van der Waals surface area contributed by atoms with Gasteiger partial charge in [0.25, 0.3) is 0 Å². The Kier molecular flexibility index (Phi) is 21.1. The van der Waals surface area contributed by atoms with E-state index in [0.717, 1.165) is 19.8 Å². The fourth-order valence-corrected chi connectivity index (χ4v) is 3.89. The van der Waals surface area contributed by atoms with Crippen molar-refractivity contribution in [1.82, 2.24) is 10.2 Å². The molecule has 0 radical (unpaired) electrons. The van der Waals surface area contributed by atoms with Gasteiger partial charge >= 0.3 is 0 Å². The van der Waals surface area contributed by atoms with Crippen molar-refractivity contribution in [2.75, 3.05) is 46.6 Å². The van der Waals surface area contributed by atoms with Crippen LogP contribution in [-0.2, 0) is 9.47 Å². The number of nitrogens with one attached hydrogen (secondary N) is 1. The first-order valence-electron chi connectivity index (χ1n) is 11.4. The fourth-order valence-electron chi connectivity index (χ4n) is 3.89. The van der Waals surface area contributed by atoms with Gasteiger partial charge in [-0.2, -0.15) is 0 Å². The molecule has 0 aromatic carbocycles. The molecule has 1 atom stereocenters. The van der Waals surface area contributed by atoms with Crippen LogP contribution in [0.2, 0.25) is 0 Å². The summed E-state index contributed by atoms with van der Waals surface area (Å²) < 4.78 is 10.5. The lowest BCUT2D eigenvalue weighted by Crippen LogP contribution is -2.42. The molecule has 3 rings (SSSR count). The summed E-state index contributed by atoms with van der Waals surface area (Å²) in [4.78, 5) is 2.62. The lowest BCUT2D eigenvalue weighted by atomic mass is 9.95. The Bertz CT molecular complexity index is 259. The van der Waals surface area contributed by atoms with Crippen LogP contribution in [0, 0.1) is 0 Å². The molecule has 1 N–H and O–H groups in total. The van der Waals surface area contributed by atoms with Crippen molar-refractivity contribution in [3.8, 4) is 0 Å². The largest absolute Gasteiger partial charge is 0.383 e. The summed E-state index contributed by atoms with van der Waals surface area (Å²) in [5.74, 6) is 0. The van der Waals surface area contributed by atoms with E-state index in [2.05, 4.69) is 10.2 Å². The molecule has 0 saturated carbocycles. The maximum absolute atomic E-state index is 5.29. The van der Waals surface area contributed by atoms with E-state index in [1.807, 2.05) is 55.6 Å². The molecule has 0 bridgehead atoms. The predicted molar refractivity (Wildman–Crippen MR) is 116 cm³/mol. The molecule has 3 heterocycles. The lowest BCUT2D eigenvalue weighted by Gasteiger charge is -2.30. The number of ether oxygens (including phenoxy) is 2. The van der Waals surface area contributed by atoms with Crippen LogP contribution < -0.4 is 5.32 Å². The van der Waals surface area contributed by atoms with Crippen LogP contribution in [0.5, 0.6) is 0 Å². The van der Waals surface area contributed by atoms with Gasteiger partial charge < -0.3 is 14.8 Å². The first-order chi connectivity index (χ1) is 12.8. The molecule has 3 fully saturated rings. The smallest absolute Gasteiger partial charge is 0.0646 e. The first kappa shape index (κ1) is 28.1. The molecular weight excluding hydrogens is 324 g/mol. The van der Waals surface area contributed by atoms with E-state index in [0.29, 0.717) is 11.6 Å². The van der Waals surface area contributed by atoms with E-state index in [-0.39, 0.29) is 0 Å². The first-order valence-corrected chi connectivity index (χ1v) is 11.4. The Morgan fingerprint density at radius 1 is 0.962 bits per heavy atom. The van der Waals surface area contributed by atoms with Crippen molar-refractivity contribution in [3.63, 3.8) is 0 Å². The van der Waals surface area contributed by atoms with Crippen LogP contribution in [0.1, 0.15) is 87.0 Å². The van der Waals surface area contributed by atoms with Crippen molar-refractivity contribution in [1.29, 1.82) is 0 Å². The molecule has 3 saturated heterocycles. The maximum atomic E-state index is 5.29. The van der Waals surface area contributed by atoms with Gasteiger partial charge in [0.2, 0.25) is 0 Å². The van der Waals surface area contributed by atoms with Gasteiger partial charge in [-0.15, -0.1) is 0 Å². The van der Waals surface area contributed by atoms with Crippen LogP contribution in [0.4, 0.5) is 0 Å². The van der Waals surface area contributed by atoms with E-state index in [1.165, 1.54) is 58.2 Å². The maximum Gasteiger partial charge on any atom is 0.0646 e. The number of hydrogen-bond acceptors (Lipinski definition) is 4. The number of rotatable bonds is 5. The Labute approximate surface area is 165 Å². The number of nitrogens with zero attached hydrogens (tertiary/aromatic N) is 1. The SMILES string of the molecule is CC.CC.CC.CCOCC1CCCN1.COCC12CCCN1CCC2. The molecule has 26 heavy (non-hydrogen) atoms. The van der Waals surface area contributed by atoms with Gasteiger partial charge in [0.1, 0.15) is 0 Å². The summed E-state index contributed by atoms with van der Waals surface area (Å²) in [5.41, 5.74) is 0.467. The van der Waals surface area contributed by atoms with Crippen molar-refractivity contribution in [3.05, 3.63) is 0 Å². The Hall–Kier alpha value is -0.160. The molecule has 0 aromatic rings. The minimum absolute atomic E-state index is 0.467. The zero-order chi connectivity index (χ0) is 20.3. The van der Waals surface area contributed by atoms with Gasteiger partial charge in [-0.05, 0) is 65.1 Å². The number of fused-ring (bicyclic) bond motifs is 1. The van der Waals surface area contributed by atoms with Crippen LogP contribution in [-0.4, -0.2) is 63.0 Å². The van der Waals surface area contributed by atoms with Gasteiger partial charge in [0.15, 0.2) is 0 Å². The summed E-state index contributed by atoms with van der Waals surface area (Å²) in [7, 11) is 1.82. The van der Waals surface area contributed by atoms with Crippen LogP contribution in [0.3, 0.4) is 0 Å². The highest BCUT2D eigenvalue weighted by Crippen LogP contribution is 2.38. The van der Waals surface area contributed by atoms with Crippen molar-refractivity contribution >= 4 is 0 Å². The van der Waals surface area contributed by atoms with E-state index in [9.17, 15) is 0 Å². The van der Waals surface area contributed by atoms with Crippen molar-refractivity contribution in [2.45, 2.75) is 98.6 Å². The van der Waals surface area contributed by atoms with E-state index >= 15 is 0 Å². The van der Waals surface area contributed by atoms with E-state index < -0.39 is 0 Å². The van der Waals surface area contributed by atoms with Gasteiger partial charge in [0.05, 0.1) is 13.2 Å². The minimum Gasteiger partial charge on any atom is -0.383 e. The monoisotopic (exact) mass is 374 g/mol. The van der Waals surface area contributed by atoms with Crippen LogP contribution in [0.15, 0.2) is 0 Å². The molecule has 0 spiro atoms. The molecule has 0 amide bonds. The summed E-state index contributed by atoms with van der Waals surface area (Å²) >= 11 is 0. The summed E-state index contributed by atoms with van der Waals surface area (Å²) in [6.45, 7) is 20.5. The predicted octanol–water partition coefficient (Wildman–Crippen LogP) is 5.11. The minimum atomic E-state index is 0.467. The van der Waals surface area contributed by atoms with Crippen molar-refractivity contribution < 1.29 is 9.47 Å². The Balaban J connectivity index is 0. The van der Waals surface area contributed by atoms with Crippen molar-refractivity contribution in [2.24, 2.45) is 0 Å². The molecule has 4 heteroatoms. The second kappa shape index (κ2) is 19.6. The Morgan fingerprint density at radius 2 is 1.54 bits per heavy atom. The van der Waals surface area contributed by atoms with E-state index in [4.69, 9.17) is 9.47 Å². The second-order valence-electron chi connectivity index (χ2n) is 6.30. The normalized spacial score (nSPS) is 22.4. The highest BCUT2D eigenvalue weighted by atomic mass is 16.5. The topological polar surface area (TPSA) is 33.7 Å². The molecule has 3 aliphatic rings. The molecule has 0 aromatic heterocycles. The lowest BCUT2D eigenvalue weighted by molar-refractivity contribution is 0.0655. The molecule has 1 unspecified atom stereocenters. The quantitative estimate of drug-likeness (QED) is 0.724. The summed E-state index contributed by atoms with van der Waals surface area (Å²) in [5, 5.41) is 3.37. The van der Waals surface area contributed by atoms with E-state index in [1.54, 1.807) is 0 Å². The van der Waals surface area contributed by atoms with Gasteiger partial charge in [-0.1, -0.05) is 41.5 Å². The fraction of sp³-hybridized carbons (Fsp3) is 1.00. The average Bonchev–Trinajstić information content (AvgIpc) is 3.43. The molecule has 4 nitrogen and oxygen atoms in total. The standard InChI is InChI=1S/C9H17NO.C7H15NO.3C2H6/c1-11-8-9-4-2-6-10(9)7-3-5-9;1-2-9-6-7-4-3-5-8-7;3*1-2/h2-8H2,1H3;7-8H,2-6H2,1H3;3*1-2H3. The van der Waals surface area contributed by atoms with Gasteiger partial charge in [-0.3, -0.25) is 4.90 Å². The third-order valence-corrected chi connectivity index (χ3v) is 4.91. The van der Waals surface area contributed by atoms with Crippen LogP contribution in [0.25, 0.3) is 0 Å².